The van der Waals surface area contributed by atoms with Crippen LogP contribution in [0.4, 0.5) is 11.5 Å². The Morgan fingerprint density at radius 1 is 1.42 bits per heavy atom. The zero-order chi connectivity index (χ0) is 14.5. The Balaban J connectivity index is 2.71. The Kier molecular flexibility index (Phi) is 5.66. The average Bonchev–Trinajstić information content (AvgIpc) is 2.61. The van der Waals surface area contributed by atoms with Gasteiger partial charge in [0.1, 0.15) is 5.82 Å². The zero-order valence-corrected chi connectivity index (χ0v) is 12.9. The number of anilines is 2. The van der Waals surface area contributed by atoms with Crippen LogP contribution in [0.2, 0.25) is 0 Å². The van der Waals surface area contributed by atoms with E-state index in [0.29, 0.717) is 0 Å². The number of nitrogens with two attached hydrogens (primary N) is 1. The van der Waals surface area contributed by atoms with Crippen molar-refractivity contribution in [3.8, 4) is 0 Å². The lowest BCUT2D eigenvalue weighted by Crippen LogP contribution is -2.26. The molecule has 1 aromatic rings. The molecular weight excluding hydrogens is 240 g/mol. The molecule has 1 rings (SSSR count). The highest BCUT2D eigenvalue weighted by Crippen LogP contribution is 2.26. The van der Waals surface area contributed by atoms with Crippen molar-refractivity contribution in [1.29, 1.82) is 0 Å². The predicted octanol–water partition coefficient (Wildman–Crippen LogP) is 2.66. The van der Waals surface area contributed by atoms with Crippen molar-refractivity contribution >= 4 is 11.5 Å². The van der Waals surface area contributed by atoms with Crippen molar-refractivity contribution in [2.45, 2.75) is 47.1 Å². The summed E-state index contributed by atoms with van der Waals surface area (Å²) in [5, 5.41) is 7.92. The number of nitrogens with zero attached hydrogens (tertiary/aromatic N) is 2. The average molecular weight is 268 g/mol. The molecule has 110 valence electrons. The highest BCUT2D eigenvalue weighted by atomic mass is 16.5. The van der Waals surface area contributed by atoms with Gasteiger partial charge >= 0.3 is 0 Å². The molecule has 19 heavy (non-hydrogen) atoms. The number of methoxy groups -OCH3 is 1. The minimum Gasteiger partial charge on any atom is -0.394 e. The molecule has 0 aliphatic carbocycles. The lowest BCUT2D eigenvalue weighted by molar-refractivity contribution is 0.157. The van der Waals surface area contributed by atoms with Crippen LogP contribution in [-0.2, 0) is 11.3 Å². The molecule has 0 amide bonds. The molecule has 0 aromatic carbocycles. The van der Waals surface area contributed by atoms with Gasteiger partial charge in [0.15, 0.2) is 0 Å². The predicted molar refractivity (Wildman–Crippen MR) is 80.4 cm³/mol. The van der Waals surface area contributed by atoms with Crippen molar-refractivity contribution < 1.29 is 4.74 Å². The third kappa shape index (κ3) is 4.42. The molecule has 0 radical (unpaired) electrons. The van der Waals surface area contributed by atoms with Crippen LogP contribution in [0, 0.1) is 12.3 Å². The van der Waals surface area contributed by atoms with Gasteiger partial charge < -0.3 is 15.8 Å². The number of rotatable bonds is 8. The maximum atomic E-state index is 6.09. The van der Waals surface area contributed by atoms with E-state index in [1.54, 1.807) is 7.11 Å². The standard InChI is InChI=1S/C14H28N4O/c1-6-8-18-13(12(15)11(2)17-18)16-10-14(3,4)7-9-19-5/h16H,6-10,15H2,1-5H3. The number of aromatic nitrogens is 2. The van der Waals surface area contributed by atoms with Crippen LogP contribution in [0.5, 0.6) is 0 Å². The van der Waals surface area contributed by atoms with Crippen LogP contribution in [-0.4, -0.2) is 30.0 Å². The molecule has 0 unspecified atom stereocenters. The first-order valence-electron chi connectivity index (χ1n) is 6.97. The first-order chi connectivity index (χ1) is 8.91. The fourth-order valence-corrected chi connectivity index (χ4v) is 1.95. The summed E-state index contributed by atoms with van der Waals surface area (Å²) < 4.78 is 7.12. The van der Waals surface area contributed by atoms with Crippen LogP contribution in [0.3, 0.4) is 0 Å². The van der Waals surface area contributed by atoms with E-state index in [0.717, 1.165) is 49.7 Å². The first kappa shape index (κ1) is 15.8. The van der Waals surface area contributed by atoms with Gasteiger partial charge in [-0.3, -0.25) is 0 Å². The molecule has 0 saturated heterocycles. The fraction of sp³-hybridized carbons (Fsp3) is 0.786. The summed E-state index contributed by atoms with van der Waals surface area (Å²) in [4.78, 5) is 0. The van der Waals surface area contributed by atoms with Gasteiger partial charge in [-0.1, -0.05) is 20.8 Å². The van der Waals surface area contributed by atoms with E-state index >= 15 is 0 Å². The molecular formula is C14H28N4O. The van der Waals surface area contributed by atoms with Gasteiger partial charge in [-0.15, -0.1) is 0 Å². The second kappa shape index (κ2) is 6.80. The summed E-state index contributed by atoms with van der Waals surface area (Å²) in [6.45, 7) is 11.1. The molecule has 1 heterocycles. The molecule has 1 aromatic heterocycles. The van der Waals surface area contributed by atoms with Crippen LogP contribution >= 0.6 is 0 Å². The molecule has 0 spiro atoms. The van der Waals surface area contributed by atoms with Gasteiger partial charge in [0.05, 0.1) is 11.4 Å². The van der Waals surface area contributed by atoms with Gasteiger partial charge in [-0.25, -0.2) is 4.68 Å². The number of nitrogens with one attached hydrogen (secondary N) is 1. The van der Waals surface area contributed by atoms with Gasteiger partial charge in [0, 0.05) is 26.8 Å². The molecule has 0 atom stereocenters. The lowest BCUT2D eigenvalue weighted by atomic mass is 9.90. The van der Waals surface area contributed by atoms with Crippen molar-refractivity contribution in [1.82, 2.24) is 9.78 Å². The van der Waals surface area contributed by atoms with E-state index in [1.807, 2.05) is 11.6 Å². The molecule has 3 N–H and O–H groups in total. The van der Waals surface area contributed by atoms with E-state index in [1.165, 1.54) is 0 Å². The van der Waals surface area contributed by atoms with E-state index in [2.05, 4.69) is 31.2 Å². The number of nitrogen functional groups attached to an aromatic ring is 1. The Morgan fingerprint density at radius 2 is 2.11 bits per heavy atom. The number of ether oxygens (including phenoxy) is 1. The summed E-state index contributed by atoms with van der Waals surface area (Å²) in [7, 11) is 1.74. The Hall–Kier alpha value is -1.23. The van der Waals surface area contributed by atoms with E-state index in [4.69, 9.17) is 10.5 Å². The normalized spacial score (nSPS) is 11.8. The first-order valence-corrected chi connectivity index (χ1v) is 6.97. The number of hydrogen-bond acceptors (Lipinski definition) is 4. The molecule has 5 nitrogen and oxygen atoms in total. The highest BCUT2D eigenvalue weighted by molar-refractivity contribution is 5.64. The van der Waals surface area contributed by atoms with Crippen LogP contribution in [0.25, 0.3) is 0 Å². The maximum Gasteiger partial charge on any atom is 0.148 e. The monoisotopic (exact) mass is 268 g/mol. The third-order valence-corrected chi connectivity index (χ3v) is 3.33. The topological polar surface area (TPSA) is 65.1 Å². The van der Waals surface area contributed by atoms with E-state index in [-0.39, 0.29) is 5.41 Å². The SMILES string of the molecule is CCCn1nc(C)c(N)c1NCC(C)(C)CCOC. The summed E-state index contributed by atoms with van der Waals surface area (Å²) in [5.74, 6) is 0.949. The molecule has 0 saturated carbocycles. The summed E-state index contributed by atoms with van der Waals surface area (Å²) in [6, 6.07) is 0. The molecule has 0 aliphatic rings. The summed E-state index contributed by atoms with van der Waals surface area (Å²) in [5.41, 5.74) is 7.91. The zero-order valence-electron chi connectivity index (χ0n) is 12.9. The lowest BCUT2D eigenvalue weighted by Gasteiger charge is -2.25. The van der Waals surface area contributed by atoms with Crippen LogP contribution < -0.4 is 11.1 Å². The van der Waals surface area contributed by atoms with Gasteiger partial charge in [0.25, 0.3) is 0 Å². The van der Waals surface area contributed by atoms with Gasteiger partial charge in [-0.2, -0.15) is 5.10 Å². The third-order valence-electron chi connectivity index (χ3n) is 3.33. The van der Waals surface area contributed by atoms with E-state index in [9.17, 15) is 0 Å². The second-order valence-corrected chi connectivity index (χ2v) is 5.83. The molecule has 5 heteroatoms. The van der Waals surface area contributed by atoms with Crippen LogP contribution in [0.1, 0.15) is 39.3 Å². The Labute approximate surface area is 116 Å². The largest absolute Gasteiger partial charge is 0.394 e. The Morgan fingerprint density at radius 3 is 2.68 bits per heavy atom. The highest BCUT2D eigenvalue weighted by Gasteiger charge is 2.19. The smallest absolute Gasteiger partial charge is 0.148 e. The van der Waals surface area contributed by atoms with E-state index < -0.39 is 0 Å². The van der Waals surface area contributed by atoms with Crippen LogP contribution in [0.15, 0.2) is 0 Å². The minimum atomic E-state index is 0.164. The molecule has 0 fully saturated rings. The molecule has 0 aliphatic heterocycles. The van der Waals surface area contributed by atoms with Crippen molar-refractivity contribution in [2.24, 2.45) is 5.41 Å². The maximum absolute atomic E-state index is 6.09. The minimum absolute atomic E-state index is 0.164. The molecule has 0 bridgehead atoms. The van der Waals surface area contributed by atoms with Crippen molar-refractivity contribution in [3.63, 3.8) is 0 Å². The quantitative estimate of drug-likeness (QED) is 0.760. The fourth-order valence-electron chi connectivity index (χ4n) is 1.95. The number of aryl methyl sites for hydroxylation is 2. The van der Waals surface area contributed by atoms with Crippen molar-refractivity contribution in [3.05, 3.63) is 5.69 Å². The Bertz CT molecular complexity index is 398. The second-order valence-electron chi connectivity index (χ2n) is 5.83. The van der Waals surface area contributed by atoms with Gasteiger partial charge in [-0.05, 0) is 25.2 Å². The number of hydrogen-bond donors (Lipinski definition) is 2. The summed E-state index contributed by atoms with van der Waals surface area (Å²) >= 11 is 0. The van der Waals surface area contributed by atoms with Crippen molar-refractivity contribution in [2.75, 3.05) is 31.3 Å². The summed E-state index contributed by atoms with van der Waals surface area (Å²) in [6.07, 6.45) is 2.06. The van der Waals surface area contributed by atoms with Gasteiger partial charge in [0.2, 0.25) is 0 Å².